The molecular weight excluding hydrogens is 456 g/mol. The van der Waals surface area contributed by atoms with Crippen molar-refractivity contribution in [1.82, 2.24) is 14.7 Å². The Morgan fingerprint density at radius 1 is 1.11 bits per heavy atom. The summed E-state index contributed by atoms with van der Waals surface area (Å²) in [7, 11) is 0. The van der Waals surface area contributed by atoms with Crippen LogP contribution in [-0.4, -0.2) is 27.3 Å². The van der Waals surface area contributed by atoms with E-state index in [1.807, 2.05) is 42.5 Å². The second kappa shape index (κ2) is 10.0. The maximum atomic E-state index is 13.7. The second-order valence-electron chi connectivity index (χ2n) is 8.44. The van der Waals surface area contributed by atoms with Gasteiger partial charge in [0.25, 0.3) is 0 Å². The number of anilines is 1. The van der Waals surface area contributed by atoms with Crippen molar-refractivity contribution in [3.8, 4) is 0 Å². The summed E-state index contributed by atoms with van der Waals surface area (Å²) in [6.07, 6.45) is 6.49. The lowest BCUT2D eigenvalue weighted by atomic mass is 10.0. The van der Waals surface area contributed by atoms with E-state index in [1.165, 1.54) is 11.9 Å². The number of aryl methyl sites for hydroxylation is 1. The summed E-state index contributed by atoms with van der Waals surface area (Å²) in [4.78, 5) is 41.4. The van der Waals surface area contributed by atoms with Gasteiger partial charge >= 0.3 is 11.5 Å². The Kier molecular flexibility index (Phi) is 6.49. The van der Waals surface area contributed by atoms with E-state index in [0.717, 1.165) is 27.8 Å². The van der Waals surface area contributed by atoms with E-state index in [1.54, 1.807) is 13.8 Å². The van der Waals surface area contributed by atoms with E-state index >= 15 is 0 Å². The fourth-order valence-electron chi connectivity index (χ4n) is 4.44. The Morgan fingerprint density at radius 2 is 1.94 bits per heavy atom. The molecule has 36 heavy (non-hydrogen) atoms. The second-order valence-corrected chi connectivity index (χ2v) is 8.44. The van der Waals surface area contributed by atoms with Crippen LogP contribution >= 0.6 is 0 Å². The molecule has 0 aliphatic heterocycles. The molecule has 0 saturated carbocycles. The Hall–Kier alpha value is -4.46. The molecule has 0 amide bonds. The third-order valence-electron chi connectivity index (χ3n) is 6.15. The van der Waals surface area contributed by atoms with Gasteiger partial charge in [-0.3, -0.25) is 4.79 Å². The maximum absolute atomic E-state index is 13.7. The average molecular weight is 483 g/mol. The molecule has 5 rings (SSSR count). The third kappa shape index (κ3) is 4.33. The number of carbonyl (C=O) groups excluding carboxylic acids is 1. The van der Waals surface area contributed by atoms with Crippen molar-refractivity contribution in [3.05, 3.63) is 105 Å². The monoisotopic (exact) mass is 482 g/mol. The molecule has 2 aromatic carbocycles. The molecule has 1 aliphatic carbocycles. The molecule has 0 unspecified atom stereocenters. The average Bonchev–Trinajstić information content (AvgIpc) is 3.37. The highest BCUT2D eigenvalue weighted by Crippen LogP contribution is 2.29. The van der Waals surface area contributed by atoms with Crippen molar-refractivity contribution >= 4 is 28.8 Å². The van der Waals surface area contributed by atoms with Gasteiger partial charge < -0.3 is 14.9 Å². The minimum Gasteiger partial charge on any atom is -0.462 e. The van der Waals surface area contributed by atoms with Gasteiger partial charge in [-0.15, -0.1) is 4.73 Å². The zero-order valence-corrected chi connectivity index (χ0v) is 20.2. The number of hydrogen-bond acceptors (Lipinski definition) is 7. The summed E-state index contributed by atoms with van der Waals surface area (Å²) in [5, 5.41) is 3.87. The fourth-order valence-corrected chi connectivity index (χ4v) is 4.44. The first-order valence-electron chi connectivity index (χ1n) is 11.8. The lowest BCUT2D eigenvalue weighted by molar-refractivity contribution is 0.0513. The number of nitrogens with one attached hydrogen (secondary N) is 1. The standard InChI is InChI=1S/C28H26N4O4/c1-3-35-28(34)24-25(29-15-21-13-7-11-20-12-8-14-22(20)21)23-18(2)30-17-31-26(23)32(27(24)33)36-16-19-9-5-4-6-10-19/h4-11,13-14,17,29H,3,12,15-16H2,1-2H3. The highest BCUT2D eigenvalue weighted by molar-refractivity contribution is 6.05. The summed E-state index contributed by atoms with van der Waals surface area (Å²) >= 11 is 0. The molecule has 8 heteroatoms. The Bertz CT molecular complexity index is 1530. The van der Waals surface area contributed by atoms with Crippen LogP contribution in [0.1, 0.15) is 45.2 Å². The number of hydrogen-bond donors (Lipinski definition) is 1. The first-order valence-corrected chi connectivity index (χ1v) is 11.8. The molecule has 0 bridgehead atoms. The lowest BCUT2D eigenvalue weighted by Gasteiger charge is -2.19. The van der Waals surface area contributed by atoms with Crippen LogP contribution in [0.25, 0.3) is 17.1 Å². The van der Waals surface area contributed by atoms with Crippen molar-refractivity contribution in [2.24, 2.45) is 0 Å². The molecule has 2 aromatic heterocycles. The summed E-state index contributed by atoms with van der Waals surface area (Å²) in [5.74, 6) is -0.731. The molecule has 0 fully saturated rings. The van der Waals surface area contributed by atoms with Crippen LogP contribution in [0.5, 0.6) is 0 Å². The van der Waals surface area contributed by atoms with Crippen LogP contribution in [0.2, 0.25) is 0 Å². The molecule has 0 atom stereocenters. The summed E-state index contributed by atoms with van der Waals surface area (Å²) in [6, 6.07) is 15.6. The van der Waals surface area contributed by atoms with E-state index in [4.69, 9.17) is 9.57 Å². The number of rotatable bonds is 8. The molecule has 4 aromatic rings. The van der Waals surface area contributed by atoms with E-state index in [2.05, 4.69) is 33.5 Å². The SMILES string of the molecule is CCOC(=O)c1c(NCc2cccc3c2C=CC3)c2c(C)ncnc2n(OCc2ccccc2)c1=O. The quantitative estimate of drug-likeness (QED) is 0.378. The number of ether oxygens (including phenoxy) is 1. The minimum absolute atomic E-state index is 0.121. The highest BCUT2D eigenvalue weighted by Gasteiger charge is 2.27. The van der Waals surface area contributed by atoms with Crippen molar-refractivity contribution in [2.75, 3.05) is 11.9 Å². The number of benzene rings is 2. The molecule has 0 radical (unpaired) electrons. The smallest absolute Gasteiger partial charge is 0.346 e. The summed E-state index contributed by atoms with van der Waals surface area (Å²) < 4.78 is 6.35. The number of carbonyl (C=O) groups is 1. The maximum Gasteiger partial charge on any atom is 0.346 e. The van der Waals surface area contributed by atoms with Gasteiger partial charge in [-0.2, -0.15) is 0 Å². The number of aromatic nitrogens is 3. The first kappa shape index (κ1) is 23.3. The molecular formula is C28H26N4O4. The lowest BCUT2D eigenvalue weighted by Crippen LogP contribution is -2.34. The van der Waals surface area contributed by atoms with Crippen LogP contribution in [0.3, 0.4) is 0 Å². The molecule has 2 heterocycles. The molecule has 8 nitrogen and oxygen atoms in total. The molecule has 0 saturated heterocycles. The van der Waals surface area contributed by atoms with Crippen molar-refractivity contribution in [3.63, 3.8) is 0 Å². The largest absolute Gasteiger partial charge is 0.462 e. The zero-order chi connectivity index (χ0) is 25.1. The predicted molar refractivity (Wildman–Crippen MR) is 138 cm³/mol. The number of pyridine rings is 1. The predicted octanol–water partition coefficient (Wildman–Crippen LogP) is 4.09. The first-order chi connectivity index (χ1) is 17.6. The van der Waals surface area contributed by atoms with Crippen LogP contribution in [0.15, 0.2) is 65.7 Å². The number of nitrogens with zero attached hydrogens (tertiary/aromatic N) is 3. The molecule has 182 valence electrons. The Labute approximate surface area is 208 Å². The normalized spacial score (nSPS) is 11.9. The van der Waals surface area contributed by atoms with Gasteiger partial charge in [0.1, 0.15) is 12.9 Å². The van der Waals surface area contributed by atoms with E-state index in [9.17, 15) is 9.59 Å². The number of esters is 1. The van der Waals surface area contributed by atoms with Crippen LogP contribution < -0.4 is 15.7 Å². The van der Waals surface area contributed by atoms with E-state index in [-0.39, 0.29) is 24.4 Å². The fraction of sp³-hybridized carbons (Fsp3) is 0.214. The Balaban J connectivity index is 1.63. The summed E-state index contributed by atoms with van der Waals surface area (Å²) in [5.41, 5.74) is 4.76. The van der Waals surface area contributed by atoms with Gasteiger partial charge in [-0.25, -0.2) is 14.8 Å². The number of allylic oxidation sites excluding steroid dienone is 1. The molecule has 1 aliphatic rings. The van der Waals surface area contributed by atoms with Crippen LogP contribution in [0.4, 0.5) is 5.69 Å². The van der Waals surface area contributed by atoms with E-state index in [0.29, 0.717) is 23.3 Å². The van der Waals surface area contributed by atoms with Crippen molar-refractivity contribution in [1.29, 1.82) is 0 Å². The topological polar surface area (TPSA) is 95.3 Å². The van der Waals surface area contributed by atoms with Crippen LogP contribution in [-0.2, 0) is 24.3 Å². The molecule has 0 spiro atoms. The van der Waals surface area contributed by atoms with Crippen LogP contribution in [0, 0.1) is 6.92 Å². The van der Waals surface area contributed by atoms with Gasteiger partial charge in [0.15, 0.2) is 11.2 Å². The van der Waals surface area contributed by atoms with Gasteiger partial charge in [0, 0.05) is 6.54 Å². The summed E-state index contributed by atoms with van der Waals surface area (Å²) in [6.45, 7) is 4.15. The van der Waals surface area contributed by atoms with Crippen molar-refractivity contribution < 1.29 is 14.4 Å². The number of fused-ring (bicyclic) bond motifs is 2. The van der Waals surface area contributed by atoms with Gasteiger partial charge in [0.2, 0.25) is 0 Å². The van der Waals surface area contributed by atoms with Gasteiger partial charge in [-0.05, 0) is 42.5 Å². The Morgan fingerprint density at radius 3 is 2.75 bits per heavy atom. The highest BCUT2D eigenvalue weighted by atomic mass is 16.7. The molecule has 1 N–H and O–H groups in total. The third-order valence-corrected chi connectivity index (χ3v) is 6.15. The van der Waals surface area contributed by atoms with Crippen molar-refractivity contribution in [2.45, 2.75) is 33.4 Å². The van der Waals surface area contributed by atoms with Gasteiger partial charge in [0.05, 0.1) is 23.4 Å². The zero-order valence-electron chi connectivity index (χ0n) is 20.2. The van der Waals surface area contributed by atoms with E-state index < -0.39 is 11.5 Å². The minimum atomic E-state index is -0.731. The van der Waals surface area contributed by atoms with Gasteiger partial charge in [-0.1, -0.05) is 60.7 Å².